The molecule has 8 N–H and O–H groups in total. The molecular weight excluding hydrogens is 801 g/mol. The number of anilines is 5. The summed E-state index contributed by atoms with van der Waals surface area (Å²) in [5.74, 6) is -1.76. The molecule has 8 rings (SSSR count). The van der Waals surface area contributed by atoms with E-state index in [1.807, 2.05) is 80.8 Å². The fourth-order valence-corrected chi connectivity index (χ4v) is 11.7. The molecule has 5 aromatic carbocycles. The molecule has 3 heterocycles. The highest BCUT2D eigenvalue weighted by atomic mass is 28.4. The number of rotatable bonds is 13. The molecule has 1 aromatic heterocycles. The highest BCUT2D eigenvalue weighted by Gasteiger charge is 2.66. The van der Waals surface area contributed by atoms with E-state index in [1.165, 1.54) is 0 Å². The van der Waals surface area contributed by atoms with Gasteiger partial charge in [0.1, 0.15) is 0 Å². The molecule has 2 aliphatic heterocycles. The largest absolute Gasteiger partial charge is 0.432 e. The summed E-state index contributed by atoms with van der Waals surface area (Å²) in [4.78, 5) is 55.5. The number of hydrogen-bond acceptors (Lipinski definition) is 10. The van der Waals surface area contributed by atoms with Crippen LogP contribution in [0.1, 0.15) is 62.4 Å². The number of nitrogens with zero attached hydrogens (tertiary/aromatic N) is 4. The second-order valence-electron chi connectivity index (χ2n) is 16.7. The summed E-state index contributed by atoms with van der Waals surface area (Å²) in [7, 11) is -3.04. The lowest BCUT2D eigenvalue weighted by Gasteiger charge is -2.32. The quantitative estimate of drug-likeness (QED) is 0.0548. The zero-order chi connectivity index (χ0) is 43.8. The number of benzene rings is 5. The van der Waals surface area contributed by atoms with E-state index in [2.05, 4.69) is 20.9 Å². The van der Waals surface area contributed by atoms with Crippen molar-refractivity contribution in [2.45, 2.75) is 62.7 Å². The Balaban J connectivity index is 1.11. The van der Waals surface area contributed by atoms with Crippen molar-refractivity contribution in [2.24, 2.45) is 5.92 Å². The summed E-state index contributed by atoms with van der Waals surface area (Å²) in [6, 6.07) is 35.6. The Kier molecular flexibility index (Phi) is 11.5. The van der Waals surface area contributed by atoms with Gasteiger partial charge in [-0.15, -0.1) is 5.10 Å². The molecule has 1 saturated heterocycles. The molecular formula is C47H50N8O6Si. The Morgan fingerprint density at radius 2 is 1.48 bits per heavy atom. The molecule has 62 heavy (non-hydrogen) atoms. The van der Waals surface area contributed by atoms with Crippen molar-refractivity contribution in [3.8, 4) is 0 Å². The van der Waals surface area contributed by atoms with Crippen molar-refractivity contribution < 1.29 is 29.0 Å². The Labute approximate surface area is 360 Å². The van der Waals surface area contributed by atoms with Gasteiger partial charge < -0.3 is 41.6 Å². The third-order valence-corrected chi connectivity index (χ3v) is 14.6. The maximum absolute atomic E-state index is 15.3. The molecule has 5 atom stereocenters. The van der Waals surface area contributed by atoms with Crippen LogP contribution in [-0.2, 0) is 28.2 Å². The molecule has 6 aromatic rings. The predicted molar refractivity (Wildman–Crippen MR) is 241 cm³/mol. The molecule has 0 aliphatic carbocycles. The lowest BCUT2D eigenvalue weighted by molar-refractivity contribution is -0.146. The number of fused-ring (bicyclic) bond motifs is 2. The first kappa shape index (κ1) is 42.1. The second kappa shape index (κ2) is 17.0. The molecule has 14 nitrogen and oxygen atoms in total. The van der Waals surface area contributed by atoms with E-state index < -0.39 is 25.9 Å². The van der Waals surface area contributed by atoms with Gasteiger partial charge in [-0.3, -0.25) is 19.1 Å². The van der Waals surface area contributed by atoms with Crippen molar-refractivity contribution in [3.63, 3.8) is 0 Å². The molecule has 0 bridgehead atoms. The molecule has 1 spiro atoms. The number of ether oxygens (including phenoxy) is 1. The van der Waals surface area contributed by atoms with E-state index in [1.54, 1.807) is 76.3 Å². The Morgan fingerprint density at radius 1 is 0.855 bits per heavy atom. The highest BCUT2D eigenvalue weighted by molar-refractivity contribution is 6.71. The van der Waals surface area contributed by atoms with Crippen LogP contribution in [0.25, 0.3) is 0 Å². The number of aromatic nitrogens is 3. The third kappa shape index (κ3) is 8.22. The van der Waals surface area contributed by atoms with Gasteiger partial charge in [0.25, 0.3) is 17.7 Å². The van der Waals surface area contributed by atoms with Gasteiger partial charge in [0, 0.05) is 63.6 Å². The Morgan fingerprint density at radius 3 is 2.10 bits per heavy atom. The van der Waals surface area contributed by atoms with E-state index in [0.717, 1.165) is 11.1 Å². The number of hydrogen-bond donors (Lipinski definition) is 6. The smallest absolute Gasteiger partial charge is 0.264 e. The number of carbonyl (C=O) groups is 3. The van der Waals surface area contributed by atoms with Crippen LogP contribution < -0.4 is 27.0 Å². The van der Waals surface area contributed by atoms with Crippen molar-refractivity contribution in [3.05, 3.63) is 161 Å². The van der Waals surface area contributed by atoms with Gasteiger partial charge in [0.2, 0.25) is 0 Å². The number of carbonyl (C=O) groups excluding carboxylic acids is 3. The van der Waals surface area contributed by atoms with Gasteiger partial charge >= 0.3 is 0 Å². The number of nitrogens with two attached hydrogens (primary N) is 2. The van der Waals surface area contributed by atoms with E-state index in [9.17, 15) is 19.5 Å². The Bertz CT molecular complexity index is 2600. The minimum atomic E-state index is -3.04. The van der Waals surface area contributed by atoms with Crippen LogP contribution in [0, 0.1) is 5.92 Å². The zero-order valence-corrected chi connectivity index (χ0v) is 35.7. The van der Waals surface area contributed by atoms with Crippen LogP contribution in [0.15, 0.2) is 128 Å². The number of aliphatic hydroxyl groups excluding tert-OH is 1. The number of aliphatic hydroxyl groups is 1. The number of aryl methyl sites for hydroxylation is 1. The van der Waals surface area contributed by atoms with Gasteiger partial charge in [-0.1, -0.05) is 54.6 Å². The van der Waals surface area contributed by atoms with Crippen molar-refractivity contribution >= 4 is 54.5 Å². The van der Waals surface area contributed by atoms with Crippen LogP contribution in [0.5, 0.6) is 0 Å². The third-order valence-electron chi connectivity index (χ3n) is 12.1. The van der Waals surface area contributed by atoms with E-state index in [-0.39, 0.29) is 42.3 Å². The summed E-state index contributed by atoms with van der Waals surface area (Å²) in [5, 5.41) is 25.0. The average molecular weight is 851 g/mol. The molecule has 1 fully saturated rings. The van der Waals surface area contributed by atoms with Crippen molar-refractivity contribution in [2.75, 3.05) is 33.6 Å². The molecule has 2 aliphatic rings. The number of nitrogens with one attached hydrogen (secondary N) is 2. The monoisotopic (exact) mass is 850 g/mol. The summed E-state index contributed by atoms with van der Waals surface area (Å²) in [6.45, 7) is 6.10. The topological polar surface area (TPSA) is 211 Å². The normalized spacial score (nSPS) is 20.0. The van der Waals surface area contributed by atoms with Crippen LogP contribution in [-0.4, -0.2) is 63.6 Å². The molecule has 3 amide bonds. The lowest BCUT2D eigenvalue weighted by atomic mass is 9.82. The van der Waals surface area contributed by atoms with Crippen molar-refractivity contribution in [1.82, 2.24) is 15.0 Å². The van der Waals surface area contributed by atoms with Crippen LogP contribution in [0.3, 0.4) is 0 Å². The van der Waals surface area contributed by atoms with E-state index >= 15 is 4.79 Å². The lowest BCUT2D eigenvalue weighted by Crippen LogP contribution is -2.46. The molecule has 0 saturated carbocycles. The van der Waals surface area contributed by atoms with E-state index in [4.69, 9.17) is 16.2 Å². The first-order valence-electron chi connectivity index (χ1n) is 20.6. The fourth-order valence-electron chi connectivity index (χ4n) is 9.08. The molecule has 318 valence electrons. The summed E-state index contributed by atoms with van der Waals surface area (Å²) >= 11 is 0. The van der Waals surface area contributed by atoms with Gasteiger partial charge in [0.05, 0.1) is 36.6 Å². The first-order chi connectivity index (χ1) is 29.7. The second-order valence-corrected chi connectivity index (χ2v) is 20.7. The fraction of sp³-hybridized carbons (Fsp3) is 0.255. The van der Waals surface area contributed by atoms with Crippen LogP contribution in [0.2, 0.25) is 18.6 Å². The van der Waals surface area contributed by atoms with Gasteiger partial charge in [0.15, 0.2) is 13.9 Å². The summed E-state index contributed by atoms with van der Waals surface area (Å²) in [5.41, 5.74) is 16.3. The SMILES string of the molecule is C[C@H]1[C@H]([Si](C)(C)O)[C@@H](CCn2cc(C(CO)c3ccccc3)nn2)O[C@]12C(=O)N(Cc1cccc(NC(=O)c3ccc(N)cc3)c1)c1ccc(NC(=O)c3ccc(N)cc3)cc12. The molecule has 15 heteroatoms. The average Bonchev–Trinajstić information content (AvgIpc) is 3.91. The summed E-state index contributed by atoms with van der Waals surface area (Å²) < 4.78 is 8.83. The summed E-state index contributed by atoms with van der Waals surface area (Å²) in [6.07, 6.45) is 1.68. The van der Waals surface area contributed by atoms with Gasteiger partial charge in [-0.05, 0) is 110 Å². The van der Waals surface area contributed by atoms with Crippen LogP contribution >= 0.6 is 0 Å². The standard InChI is InChI=1S/C47H50N8O6Si/c1-29-43(62(2,3)60)42(22-23-54-27-40(52-53-54)38(28-56)31-9-5-4-6-10-31)61-47(29)39-25-37(51-45(58)33-14-18-35(49)19-15-33)20-21-41(39)55(46(47)59)26-30-8-7-11-36(24-30)50-44(57)32-12-16-34(48)17-13-32/h4-21,24-25,27,29,38,42-43,56,60H,22-23,26,28,48-49H2,1-3H3,(H,50,57)(H,51,58)/t29-,38?,42+,43-,47+/m0/s1. The molecule has 0 radical (unpaired) electrons. The van der Waals surface area contributed by atoms with E-state index in [0.29, 0.717) is 63.8 Å². The van der Waals surface area contributed by atoms with Crippen molar-refractivity contribution in [1.29, 1.82) is 0 Å². The number of amides is 3. The van der Waals surface area contributed by atoms with Crippen LogP contribution in [0.4, 0.5) is 28.4 Å². The van der Waals surface area contributed by atoms with Gasteiger partial charge in [-0.25, -0.2) is 0 Å². The molecule has 1 unspecified atom stereocenters. The maximum Gasteiger partial charge on any atom is 0.264 e. The minimum Gasteiger partial charge on any atom is -0.432 e. The van der Waals surface area contributed by atoms with Gasteiger partial charge in [-0.2, -0.15) is 0 Å². The Hall–Kier alpha value is -6.65. The number of nitrogen functional groups attached to an aromatic ring is 2. The predicted octanol–water partition coefficient (Wildman–Crippen LogP) is 6.51. The minimum absolute atomic E-state index is 0.135. The zero-order valence-electron chi connectivity index (χ0n) is 34.7. The highest BCUT2D eigenvalue weighted by Crippen LogP contribution is 2.60. The first-order valence-corrected chi connectivity index (χ1v) is 23.6. The maximum atomic E-state index is 15.3.